The van der Waals surface area contributed by atoms with Gasteiger partial charge >= 0.3 is 12.1 Å². The van der Waals surface area contributed by atoms with Crippen LogP contribution in [0.4, 0.5) is 13.2 Å². The van der Waals surface area contributed by atoms with Gasteiger partial charge in [-0.1, -0.05) is 81.4 Å². The van der Waals surface area contributed by atoms with Crippen molar-refractivity contribution < 1.29 is 37.3 Å². The maximum Gasteiger partial charge on any atom is 0.471 e. The molecular formula is C42H50F3N3O5. The molecule has 3 aromatic carbocycles. The predicted molar refractivity (Wildman–Crippen MR) is 194 cm³/mol. The van der Waals surface area contributed by atoms with Crippen LogP contribution in [0.1, 0.15) is 93.9 Å². The maximum absolute atomic E-state index is 13.1. The fourth-order valence-electron chi connectivity index (χ4n) is 9.56. The van der Waals surface area contributed by atoms with Crippen molar-refractivity contribution in [3.05, 3.63) is 95.1 Å². The van der Waals surface area contributed by atoms with Crippen LogP contribution in [0.5, 0.6) is 0 Å². The number of nitrogens with zero attached hydrogens (tertiary/aromatic N) is 2. The molecule has 3 aromatic rings. The lowest BCUT2D eigenvalue weighted by atomic mass is 9.65. The monoisotopic (exact) mass is 733 g/mol. The van der Waals surface area contributed by atoms with Crippen molar-refractivity contribution in [2.75, 3.05) is 19.6 Å². The van der Waals surface area contributed by atoms with Crippen LogP contribution in [0.25, 0.3) is 11.1 Å². The fourth-order valence-corrected chi connectivity index (χ4v) is 9.56. The van der Waals surface area contributed by atoms with Gasteiger partial charge in [-0.15, -0.1) is 0 Å². The topological polar surface area (TPSA) is 91.3 Å². The van der Waals surface area contributed by atoms with Crippen LogP contribution in [0.2, 0.25) is 0 Å². The van der Waals surface area contributed by atoms with Gasteiger partial charge in [0.05, 0.1) is 18.8 Å². The number of likely N-dealkylation sites (tertiary alicyclic amines) is 2. The van der Waals surface area contributed by atoms with Gasteiger partial charge in [0.2, 0.25) is 5.91 Å². The summed E-state index contributed by atoms with van der Waals surface area (Å²) in [6, 6.07) is 23.0. The van der Waals surface area contributed by atoms with Crippen molar-refractivity contribution in [3.8, 4) is 11.1 Å². The van der Waals surface area contributed by atoms with Gasteiger partial charge in [0.15, 0.2) is 6.29 Å². The Labute approximate surface area is 309 Å². The van der Waals surface area contributed by atoms with Crippen LogP contribution in [0, 0.1) is 10.8 Å². The van der Waals surface area contributed by atoms with Gasteiger partial charge in [-0.25, -0.2) is 0 Å². The molecule has 6 atom stereocenters. The molecule has 0 aromatic heterocycles. The van der Waals surface area contributed by atoms with Crippen molar-refractivity contribution in [2.45, 2.75) is 109 Å². The van der Waals surface area contributed by atoms with Crippen LogP contribution in [-0.2, 0) is 32.2 Å². The Bertz CT molecular complexity index is 1800. The number of halogens is 3. The molecule has 8 nitrogen and oxygen atoms in total. The molecular weight excluding hydrogens is 683 g/mol. The minimum atomic E-state index is -5.02. The van der Waals surface area contributed by atoms with E-state index in [1.807, 2.05) is 66.7 Å². The lowest BCUT2D eigenvalue weighted by molar-refractivity contribution is -0.253. The van der Waals surface area contributed by atoms with Crippen LogP contribution < -0.4 is 5.32 Å². The third-order valence-corrected chi connectivity index (χ3v) is 11.5. The molecule has 4 aliphatic rings. The molecule has 3 saturated heterocycles. The highest BCUT2D eigenvalue weighted by molar-refractivity contribution is 5.90. The second kappa shape index (κ2) is 14.8. The Morgan fingerprint density at radius 3 is 2.40 bits per heavy atom. The number of benzene rings is 3. The van der Waals surface area contributed by atoms with E-state index in [1.54, 1.807) is 0 Å². The Morgan fingerprint density at radius 1 is 0.925 bits per heavy atom. The van der Waals surface area contributed by atoms with Crippen molar-refractivity contribution in [3.63, 3.8) is 0 Å². The largest absolute Gasteiger partial charge is 0.471 e. The van der Waals surface area contributed by atoms with Gasteiger partial charge in [-0.2, -0.15) is 13.2 Å². The Kier molecular flexibility index (Phi) is 10.5. The zero-order chi connectivity index (χ0) is 37.5. The van der Waals surface area contributed by atoms with E-state index in [0.717, 1.165) is 52.9 Å². The first-order chi connectivity index (χ1) is 25.2. The van der Waals surface area contributed by atoms with Crippen molar-refractivity contribution in [2.24, 2.45) is 10.8 Å². The van der Waals surface area contributed by atoms with Crippen LogP contribution >= 0.6 is 0 Å². The number of ether oxygens (including phenoxy) is 2. The second-order valence-electron chi connectivity index (χ2n) is 16.7. The minimum Gasteiger partial charge on any atom is -0.392 e. The molecule has 11 heteroatoms. The summed E-state index contributed by atoms with van der Waals surface area (Å²) < 4.78 is 52.8. The average Bonchev–Trinajstić information content (AvgIpc) is 3.71. The molecule has 3 heterocycles. The smallest absolute Gasteiger partial charge is 0.392 e. The van der Waals surface area contributed by atoms with E-state index in [4.69, 9.17) is 9.47 Å². The summed E-state index contributed by atoms with van der Waals surface area (Å²) in [7, 11) is 0. The van der Waals surface area contributed by atoms with E-state index < -0.39 is 30.3 Å². The summed E-state index contributed by atoms with van der Waals surface area (Å²) in [5.41, 5.74) is 6.01. The van der Waals surface area contributed by atoms with E-state index in [-0.39, 0.29) is 38.3 Å². The van der Waals surface area contributed by atoms with Crippen LogP contribution in [-0.4, -0.2) is 70.7 Å². The van der Waals surface area contributed by atoms with Crippen molar-refractivity contribution >= 4 is 11.8 Å². The van der Waals surface area contributed by atoms with Gasteiger partial charge in [0, 0.05) is 44.2 Å². The number of aliphatic hydroxyl groups excluding tert-OH is 1. The lowest BCUT2D eigenvalue weighted by Crippen LogP contribution is -2.50. The summed E-state index contributed by atoms with van der Waals surface area (Å²) in [6.07, 6.45) is -0.997. The van der Waals surface area contributed by atoms with Gasteiger partial charge in [-0.05, 0) is 82.9 Å². The summed E-state index contributed by atoms with van der Waals surface area (Å²) in [5.74, 6) is -2.57. The zero-order valence-corrected chi connectivity index (χ0v) is 30.7. The number of nitrogens with one attached hydrogen (secondary N) is 1. The summed E-state index contributed by atoms with van der Waals surface area (Å²) in [4.78, 5) is 28.1. The standard InChI is InChI=1S/C42H50F3N3O5/c1-40(2)20-33-21-41(3,25-40)26-47(33)23-34-19-36(29-14-12-27(24-49)13-15-29)53-38(52-34)32-10-5-9-31(18-32)30-8-4-7-28(17-30)22-46-37(50)35-11-6-16-48(35)39(51)42(43,44)45/h4-5,7-10,12-15,17-18,33-36,38,49H,6,11,16,19-26H2,1-3H3,(H,46,50). The molecule has 2 amide bonds. The molecule has 2 bridgehead atoms. The predicted octanol–water partition coefficient (Wildman–Crippen LogP) is 7.46. The molecule has 284 valence electrons. The van der Waals surface area contributed by atoms with E-state index in [2.05, 4.69) is 37.1 Å². The molecule has 1 saturated carbocycles. The highest BCUT2D eigenvalue weighted by Gasteiger charge is 2.50. The quantitative estimate of drug-likeness (QED) is 0.237. The lowest BCUT2D eigenvalue weighted by Gasteiger charge is -2.41. The molecule has 0 radical (unpaired) electrons. The Balaban J connectivity index is 1.07. The summed E-state index contributed by atoms with van der Waals surface area (Å²) >= 11 is 0. The van der Waals surface area contributed by atoms with Crippen LogP contribution in [0.3, 0.4) is 0 Å². The Morgan fingerprint density at radius 2 is 1.66 bits per heavy atom. The maximum atomic E-state index is 13.1. The molecule has 53 heavy (non-hydrogen) atoms. The average molecular weight is 734 g/mol. The number of hydrogen-bond acceptors (Lipinski definition) is 6. The highest BCUT2D eigenvalue weighted by Crippen LogP contribution is 2.53. The fraction of sp³-hybridized carbons (Fsp3) is 0.524. The van der Waals surface area contributed by atoms with Gasteiger partial charge in [0.25, 0.3) is 0 Å². The molecule has 4 fully saturated rings. The molecule has 3 aliphatic heterocycles. The van der Waals surface area contributed by atoms with Crippen LogP contribution in [0.15, 0.2) is 72.8 Å². The Hall–Kier alpha value is -3.77. The van der Waals surface area contributed by atoms with E-state index in [0.29, 0.717) is 28.2 Å². The first-order valence-corrected chi connectivity index (χ1v) is 18.8. The minimum absolute atomic E-state index is 0.0198. The first kappa shape index (κ1) is 37.5. The van der Waals surface area contributed by atoms with Gasteiger partial charge in [-0.3, -0.25) is 14.5 Å². The molecule has 0 spiro atoms. The number of rotatable bonds is 9. The van der Waals surface area contributed by atoms with Crippen molar-refractivity contribution in [1.82, 2.24) is 15.1 Å². The zero-order valence-electron chi connectivity index (χ0n) is 30.7. The normalized spacial score (nSPS) is 28.6. The van der Waals surface area contributed by atoms with Gasteiger partial charge in [0.1, 0.15) is 6.04 Å². The molecule has 7 rings (SSSR count). The first-order valence-electron chi connectivity index (χ1n) is 18.8. The second-order valence-corrected chi connectivity index (χ2v) is 16.7. The third-order valence-electron chi connectivity index (χ3n) is 11.5. The summed E-state index contributed by atoms with van der Waals surface area (Å²) in [6.45, 7) is 9.11. The van der Waals surface area contributed by atoms with E-state index >= 15 is 0 Å². The van der Waals surface area contributed by atoms with Crippen molar-refractivity contribution in [1.29, 1.82) is 0 Å². The number of hydrogen-bond donors (Lipinski definition) is 2. The number of amides is 2. The molecule has 1 aliphatic carbocycles. The number of carbonyl (C=O) groups excluding carboxylic acids is 2. The molecule has 2 N–H and O–H groups in total. The number of aliphatic hydroxyl groups is 1. The molecule has 6 unspecified atom stereocenters. The highest BCUT2D eigenvalue weighted by atomic mass is 19.4. The SMILES string of the molecule is CC1(C)CC2CC(C)(CN2CC2CC(c3ccc(CO)cc3)OC(c3cccc(-c4cccc(CNC(=O)C5CCCN5C(=O)C(F)(F)F)c4)c3)O2)C1. The third kappa shape index (κ3) is 8.48. The van der Waals surface area contributed by atoms with E-state index in [1.165, 1.54) is 19.3 Å². The van der Waals surface area contributed by atoms with E-state index in [9.17, 15) is 27.9 Å². The van der Waals surface area contributed by atoms with Gasteiger partial charge < -0.3 is 24.8 Å². The summed E-state index contributed by atoms with van der Waals surface area (Å²) in [5, 5.41) is 12.4. The number of carbonyl (C=O) groups is 2. The number of fused-ring (bicyclic) bond motifs is 2. The number of alkyl halides is 3.